The predicted octanol–water partition coefficient (Wildman–Crippen LogP) is 7.37. The maximum absolute atomic E-state index is 4.42. The van der Waals surface area contributed by atoms with Crippen LogP contribution in [0.2, 0.25) is 0 Å². The normalized spacial score (nSPS) is 12.5. The van der Waals surface area contributed by atoms with Crippen LogP contribution in [-0.4, -0.2) is 72.9 Å². The Balaban J connectivity index is 0.000000104. The average Bonchev–Trinajstić information content (AvgIpc) is 4.07. The zero-order valence-corrected chi connectivity index (χ0v) is 36.5. The van der Waals surface area contributed by atoms with E-state index < -0.39 is 0 Å². The highest BCUT2D eigenvalue weighted by Gasteiger charge is 2.25. The van der Waals surface area contributed by atoms with Crippen LogP contribution in [0.25, 0.3) is 51.2 Å². The Morgan fingerprint density at radius 1 is 0.474 bits per heavy atom. The molecule has 0 N–H and O–H groups in total. The highest BCUT2D eigenvalue weighted by molar-refractivity contribution is 14.1. The second-order valence-electron chi connectivity index (χ2n) is 13.6. The van der Waals surface area contributed by atoms with Gasteiger partial charge in [0, 0.05) is 28.3 Å². The number of hydrogen-bond acceptors (Lipinski definition) is 9. The Labute approximate surface area is 361 Å². The first-order chi connectivity index (χ1) is 27.7. The number of aromatic nitrogens is 15. The molecule has 3 aliphatic rings. The molecule has 3 aromatic carbocycles. The minimum absolute atomic E-state index is 0.688. The molecule has 0 saturated heterocycles. The van der Waals surface area contributed by atoms with Crippen LogP contribution in [0.5, 0.6) is 0 Å². The smallest absolute Gasteiger partial charge is 0.160 e. The summed E-state index contributed by atoms with van der Waals surface area (Å²) in [5.74, 6) is 2.72. The Bertz CT molecular complexity index is 2680. The minimum atomic E-state index is 0.688. The SMILES string of the molecule is Cc1ncn2c1Cn1ncnc1-c1cc(Br)ccc1-2.Cc1ncn2c1Cn1ncnc1-c1cc(I)ccc1-2.Cc1ncn2c1Cn1ncnc1-c1cc(I)ccc1-2. The molecule has 18 heteroatoms. The van der Waals surface area contributed by atoms with Crippen LogP contribution in [0.1, 0.15) is 34.2 Å². The third-order valence-corrected chi connectivity index (χ3v) is 12.2. The van der Waals surface area contributed by atoms with Gasteiger partial charge in [0.1, 0.15) is 19.0 Å². The Kier molecular flexibility index (Phi) is 9.00. The van der Waals surface area contributed by atoms with Gasteiger partial charge in [-0.25, -0.2) is 43.9 Å². The van der Waals surface area contributed by atoms with Gasteiger partial charge in [-0.3, -0.25) is 0 Å². The predicted molar refractivity (Wildman–Crippen MR) is 232 cm³/mol. The van der Waals surface area contributed by atoms with Gasteiger partial charge >= 0.3 is 0 Å². The van der Waals surface area contributed by atoms with Crippen molar-refractivity contribution < 1.29 is 0 Å². The summed E-state index contributed by atoms with van der Waals surface area (Å²) in [7, 11) is 0. The van der Waals surface area contributed by atoms with Gasteiger partial charge in [-0.1, -0.05) is 15.9 Å². The lowest BCUT2D eigenvalue weighted by atomic mass is 10.1. The highest BCUT2D eigenvalue weighted by Crippen LogP contribution is 2.35. The molecule has 3 aliphatic heterocycles. The molecule has 0 atom stereocenters. The number of halogens is 3. The molecule has 0 radical (unpaired) electrons. The van der Waals surface area contributed by atoms with E-state index in [2.05, 4.69) is 169 Å². The zero-order chi connectivity index (χ0) is 38.9. The molecule has 6 aromatic heterocycles. The summed E-state index contributed by atoms with van der Waals surface area (Å²) in [4.78, 5) is 26.4. The van der Waals surface area contributed by atoms with E-state index in [-0.39, 0.29) is 0 Å². The largest absolute Gasteiger partial charge is 0.300 e. The lowest BCUT2D eigenvalue weighted by molar-refractivity contribution is 0.674. The minimum Gasteiger partial charge on any atom is -0.300 e. The molecular weight excluding hydrogens is 1010 g/mol. The number of benzene rings is 3. The van der Waals surface area contributed by atoms with Crippen molar-refractivity contribution in [3.8, 4) is 51.2 Å². The van der Waals surface area contributed by atoms with Crippen molar-refractivity contribution in [2.45, 2.75) is 40.4 Å². The van der Waals surface area contributed by atoms with Crippen LogP contribution >= 0.6 is 61.1 Å². The molecule has 57 heavy (non-hydrogen) atoms. The molecule has 9 heterocycles. The van der Waals surface area contributed by atoms with Gasteiger partial charge in [-0.15, -0.1) is 0 Å². The van der Waals surface area contributed by atoms with Crippen molar-refractivity contribution in [1.29, 1.82) is 0 Å². The molecule has 0 amide bonds. The standard InChI is InChI=1S/C13H10BrN5.2C13H10IN5/c3*1-8-12-5-19-13(15-6-17-19)10-4-9(14)2-3-11(10)18(12)7-16-8/h3*2-4,6-7H,5H2,1H3. The molecule has 282 valence electrons. The van der Waals surface area contributed by atoms with Crippen molar-refractivity contribution in [2.75, 3.05) is 0 Å². The van der Waals surface area contributed by atoms with Gasteiger partial charge in [0.05, 0.1) is 89.8 Å². The van der Waals surface area contributed by atoms with Gasteiger partial charge in [-0.2, -0.15) is 15.3 Å². The highest BCUT2D eigenvalue weighted by atomic mass is 127. The molecular formula is C39H30BrI2N15. The second kappa shape index (κ2) is 14.2. The first-order valence-electron chi connectivity index (χ1n) is 17.8. The third-order valence-electron chi connectivity index (χ3n) is 10.3. The van der Waals surface area contributed by atoms with Gasteiger partial charge in [-0.05, 0) is 121 Å². The molecule has 15 nitrogen and oxygen atoms in total. The summed E-state index contributed by atoms with van der Waals surface area (Å²) in [6.07, 6.45) is 10.4. The van der Waals surface area contributed by atoms with Crippen LogP contribution in [0.3, 0.4) is 0 Å². The fourth-order valence-electron chi connectivity index (χ4n) is 7.47. The van der Waals surface area contributed by atoms with E-state index in [0.717, 1.165) is 89.9 Å². The lowest BCUT2D eigenvalue weighted by Gasteiger charge is -2.08. The van der Waals surface area contributed by atoms with E-state index in [4.69, 9.17) is 0 Å². The summed E-state index contributed by atoms with van der Waals surface area (Å²) in [6.45, 7) is 8.17. The van der Waals surface area contributed by atoms with Gasteiger partial charge < -0.3 is 13.7 Å². The van der Waals surface area contributed by atoms with Gasteiger partial charge in [0.25, 0.3) is 0 Å². The van der Waals surface area contributed by atoms with Crippen LogP contribution < -0.4 is 0 Å². The maximum Gasteiger partial charge on any atom is 0.160 e. The topological polar surface area (TPSA) is 146 Å². The molecule has 12 rings (SSSR count). The molecule has 0 unspecified atom stereocenters. The van der Waals surface area contributed by atoms with E-state index in [1.165, 1.54) is 7.14 Å². The van der Waals surface area contributed by atoms with Crippen LogP contribution in [0.15, 0.2) is 97.0 Å². The van der Waals surface area contributed by atoms with Crippen molar-refractivity contribution >= 4 is 61.1 Å². The number of nitrogens with zero attached hydrogens (tertiary/aromatic N) is 15. The summed E-state index contributed by atoms with van der Waals surface area (Å²) in [5, 5.41) is 13.0. The average molecular weight is 1040 g/mol. The first kappa shape index (κ1) is 36.0. The lowest BCUT2D eigenvalue weighted by Crippen LogP contribution is -2.05. The second-order valence-corrected chi connectivity index (χ2v) is 17.1. The zero-order valence-electron chi connectivity index (χ0n) is 30.6. The van der Waals surface area contributed by atoms with E-state index in [1.807, 2.05) is 59.9 Å². The summed E-state index contributed by atoms with van der Waals surface area (Å²) < 4.78 is 15.6. The maximum atomic E-state index is 4.42. The Morgan fingerprint density at radius 2 is 0.825 bits per heavy atom. The number of hydrogen-bond donors (Lipinski definition) is 0. The number of aryl methyl sites for hydroxylation is 3. The molecule has 0 bridgehead atoms. The monoisotopic (exact) mass is 1040 g/mol. The molecule has 0 spiro atoms. The number of imidazole rings is 3. The third kappa shape index (κ3) is 6.24. The molecule has 0 saturated carbocycles. The van der Waals surface area contributed by atoms with E-state index in [1.54, 1.807) is 19.0 Å². The summed E-state index contributed by atoms with van der Waals surface area (Å²) in [5.41, 5.74) is 13.1. The van der Waals surface area contributed by atoms with Crippen molar-refractivity contribution in [3.05, 3.63) is 138 Å². The van der Waals surface area contributed by atoms with Crippen LogP contribution in [-0.2, 0) is 19.6 Å². The molecule has 0 aliphatic carbocycles. The first-order valence-corrected chi connectivity index (χ1v) is 20.8. The molecule has 9 aromatic rings. The number of rotatable bonds is 0. The van der Waals surface area contributed by atoms with Gasteiger partial charge in [0.15, 0.2) is 17.5 Å². The van der Waals surface area contributed by atoms with E-state index in [9.17, 15) is 0 Å². The van der Waals surface area contributed by atoms with Crippen molar-refractivity contribution in [2.24, 2.45) is 0 Å². The fourth-order valence-corrected chi connectivity index (χ4v) is 8.81. The van der Waals surface area contributed by atoms with E-state index in [0.29, 0.717) is 19.6 Å². The van der Waals surface area contributed by atoms with Crippen LogP contribution in [0, 0.1) is 27.9 Å². The van der Waals surface area contributed by atoms with Crippen molar-refractivity contribution in [1.82, 2.24) is 72.9 Å². The van der Waals surface area contributed by atoms with Gasteiger partial charge in [0.2, 0.25) is 0 Å². The molecule has 0 fully saturated rings. The number of fused-ring (bicyclic) bond motifs is 15. The van der Waals surface area contributed by atoms with Crippen LogP contribution in [0.4, 0.5) is 0 Å². The fraction of sp³-hybridized carbons (Fsp3) is 0.154. The summed E-state index contributed by atoms with van der Waals surface area (Å²) >= 11 is 8.15. The summed E-state index contributed by atoms with van der Waals surface area (Å²) in [6, 6.07) is 18.9. The quantitative estimate of drug-likeness (QED) is 0.142. The van der Waals surface area contributed by atoms with E-state index >= 15 is 0 Å². The van der Waals surface area contributed by atoms with Crippen molar-refractivity contribution in [3.63, 3.8) is 0 Å². The Hall–Kier alpha value is -5.35. The Morgan fingerprint density at radius 3 is 1.21 bits per heavy atom.